The van der Waals surface area contributed by atoms with Crippen LogP contribution in [0.25, 0.3) is 0 Å². The third-order valence-corrected chi connectivity index (χ3v) is 8.86. The normalized spacial score (nSPS) is 11.8. The highest BCUT2D eigenvalue weighted by Crippen LogP contribution is 2.27. The summed E-state index contributed by atoms with van der Waals surface area (Å²) < 4.78 is 12.5. The molecular formula is C42H62N6O2. The van der Waals surface area contributed by atoms with Crippen LogP contribution in [-0.2, 0) is 0 Å². The van der Waals surface area contributed by atoms with Crippen LogP contribution in [0.15, 0.2) is 57.8 Å². The van der Waals surface area contributed by atoms with E-state index in [0.29, 0.717) is 24.7 Å². The van der Waals surface area contributed by atoms with Gasteiger partial charge >= 0.3 is 0 Å². The zero-order chi connectivity index (χ0) is 36.4. The summed E-state index contributed by atoms with van der Waals surface area (Å²) in [6, 6.07) is 16.2. The van der Waals surface area contributed by atoms with Crippen LogP contribution in [0.2, 0.25) is 0 Å². The number of aliphatic imine (C=N–C) groups is 2. The molecule has 2 aromatic carbocycles. The zero-order valence-electron chi connectivity index (χ0n) is 31.8. The molecule has 0 bridgehead atoms. The van der Waals surface area contributed by atoms with Crippen molar-refractivity contribution >= 4 is 23.8 Å². The number of anilines is 2. The van der Waals surface area contributed by atoms with Crippen molar-refractivity contribution in [1.82, 2.24) is 0 Å². The van der Waals surface area contributed by atoms with E-state index in [2.05, 4.69) is 73.5 Å². The van der Waals surface area contributed by atoms with Crippen molar-refractivity contribution in [1.29, 1.82) is 10.5 Å². The largest absolute Gasteiger partial charge is 0.493 e. The summed E-state index contributed by atoms with van der Waals surface area (Å²) in [7, 11) is 0. The van der Waals surface area contributed by atoms with E-state index in [1.807, 2.05) is 36.4 Å². The van der Waals surface area contributed by atoms with Gasteiger partial charge in [-0.1, -0.05) is 78.1 Å². The van der Waals surface area contributed by atoms with Gasteiger partial charge in [0.2, 0.25) is 0 Å². The molecule has 2 aromatic rings. The van der Waals surface area contributed by atoms with E-state index in [-0.39, 0.29) is 11.4 Å². The van der Waals surface area contributed by atoms with Crippen LogP contribution in [0.3, 0.4) is 0 Å². The highest BCUT2D eigenvalue weighted by molar-refractivity contribution is 5.87. The third kappa shape index (κ3) is 14.7. The topological polar surface area (TPSA) is 97.2 Å². The summed E-state index contributed by atoms with van der Waals surface area (Å²) in [5, 5.41) is 20.1. The Morgan fingerprint density at radius 2 is 0.920 bits per heavy atom. The van der Waals surface area contributed by atoms with E-state index >= 15 is 0 Å². The summed E-state index contributed by atoms with van der Waals surface area (Å²) >= 11 is 0. The second kappa shape index (κ2) is 25.6. The summed E-state index contributed by atoms with van der Waals surface area (Å²) in [4.78, 5) is 13.4. The minimum atomic E-state index is -0.0623. The number of ether oxygens (including phenoxy) is 2. The molecule has 0 aliphatic rings. The molecule has 8 nitrogen and oxygen atoms in total. The quantitative estimate of drug-likeness (QED) is 0.0556. The van der Waals surface area contributed by atoms with Gasteiger partial charge in [-0.25, -0.2) is 9.98 Å². The number of nitrogens with zero attached hydrogens (tertiary/aromatic N) is 6. The SMILES string of the molecule is CCCCCCCCOc1cc(N(CC)CC)ccc1C=N/C(C#N)=C(\C#N)N=Cc1ccc(N(CC)CC)cc1OCCCCCCCC. The molecule has 0 aliphatic carbocycles. The highest BCUT2D eigenvalue weighted by Gasteiger charge is 2.12. The minimum absolute atomic E-state index is 0.0623. The molecule has 2 rings (SSSR count). The van der Waals surface area contributed by atoms with E-state index in [1.165, 1.54) is 51.4 Å². The molecule has 272 valence electrons. The van der Waals surface area contributed by atoms with E-state index in [0.717, 1.165) is 74.4 Å². The van der Waals surface area contributed by atoms with Crippen LogP contribution in [0, 0.1) is 22.7 Å². The average molecular weight is 683 g/mol. The van der Waals surface area contributed by atoms with E-state index in [9.17, 15) is 10.5 Å². The lowest BCUT2D eigenvalue weighted by Gasteiger charge is -2.22. The van der Waals surface area contributed by atoms with Gasteiger partial charge in [0.15, 0.2) is 11.4 Å². The van der Waals surface area contributed by atoms with Crippen molar-refractivity contribution in [3.8, 4) is 23.6 Å². The van der Waals surface area contributed by atoms with Gasteiger partial charge in [0.25, 0.3) is 0 Å². The van der Waals surface area contributed by atoms with Gasteiger partial charge in [0, 0.05) is 73.2 Å². The van der Waals surface area contributed by atoms with Gasteiger partial charge in [-0.3, -0.25) is 0 Å². The fourth-order valence-electron chi connectivity index (χ4n) is 5.76. The fraction of sp³-hybridized carbons (Fsp3) is 0.571. The maximum Gasteiger partial charge on any atom is 0.176 e. The van der Waals surface area contributed by atoms with Crippen LogP contribution in [0.4, 0.5) is 11.4 Å². The molecular weight excluding hydrogens is 621 g/mol. The van der Waals surface area contributed by atoms with Crippen LogP contribution in [0.5, 0.6) is 11.5 Å². The third-order valence-electron chi connectivity index (χ3n) is 8.86. The van der Waals surface area contributed by atoms with Gasteiger partial charge in [-0.05, 0) is 64.8 Å². The van der Waals surface area contributed by atoms with Crippen LogP contribution in [0.1, 0.15) is 130 Å². The van der Waals surface area contributed by atoms with Crippen molar-refractivity contribution in [2.24, 2.45) is 9.98 Å². The standard InChI is InChI=1S/C42H62N6O2/c1-7-13-15-17-19-21-27-49-41-29-37(47(9-3)10-4)25-23-35(41)33-45-39(31-43)40(32-44)46-34-36-24-26-38(48(11-5)12-6)30-42(36)50-28-22-20-18-16-14-8-2/h23-26,29-30,33-34H,7-22,27-28H2,1-6H3/b40-39+,45-33?,46-34?. The van der Waals surface area contributed by atoms with Gasteiger partial charge < -0.3 is 19.3 Å². The minimum Gasteiger partial charge on any atom is -0.493 e. The Morgan fingerprint density at radius 1 is 0.560 bits per heavy atom. The lowest BCUT2D eigenvalue weighted by atomic mass is 10.1. The monoisotopic (exact) mass is 682 g/mol. The molecule has 0 heterocycles. The molecule has 0 saturated carbocycles. The molecule has 0 aromatic heterocycles. The Bertz CT molecular complexity index is 1320. The van der Waals surface area contributed by atoms with Crippen molar-refractivity contribution in [2.75, 3.05) is 49.2 Å². The molecule has 0 N–H and O–H groups in total. The maximum atomic E-state index is 10.0. The van der Waals surface area contributed by atoms with Crippen molar-refractivity contribution in [3.05, 3.63) is 58.9 Å². The molecule has 0 saturated heterocycles. The molecule has 0 spiro atoms. The number of benzene rings is 2. The predicted molar refractivity (Wildman–Crippen MR) is 211 cm³/mol. The summed E-state index contributed by atoms with van der Waals surface area (Å²) in [6.45, 7) is 17.7. The molecule has 0 aliphatic heterocycles. The predicted octanol–water partition coefficient (Wildman–Crippen LogP) is 10.7. The molecule has 50 heavy (non-hydrogen) atoms. The van der Waals surface area contributed by atoms with Crippen molar-refractivity contribution < 1.29 is 9.47 Å². The Morgan fingerprint density at radius 3 is 1.26 bits per heavy atom. The van der Waals surface area contributed by atoms with Crippen LogP contribution < -0.4 is 19.3 Å². The highest BCUT2D eigenvalue weighted by atomic mass is 16.5. The first-order valence-corrected chi connectivity index (χ1v) is 19.2. The summed E-state index contributed by atoms with van der Waals surface area (Å²) in [5.74, 6) is 1.43. The second-order valence-electron chi connectivity index (χ2n) is 12.5. The molecule has 8 heteroatoms. The Hall–Kier alpha value is -4.30. The van der Waals surface area contributed by atoms with E-state index in [4.69, 9.17) is 9.47 Å². The van der Waals surface area contributed by atoms with Gasteiger partial charge in [0.1, 0.15) is 23.6 Å². The second-order valence-corrected chi connectivity index (χ2v) is 12.5. The van der Waals surface area contributed by atoms with E-state index in [1.54, 1.807) is 12.4 Å². The van der Waals surface area contributed by atoms with Crippen molar-refractivity contribution in [2.45, 2.75) is 119 Å². The molecule has 0 unspecified atom stereocenters. The lowest BCUT2D eigenvalue weighted by Crippen LogP contribution is -2.21. The number of nitriles is 2. The number of rotatable bonds is 26. The summed E-state index contributed by atoms with van der Waals surface area (Å²) in [5.41, 5.74) is 3.52. The Labute approximate surface area is 303 Å². The first-order chi connectivity index (χ1) is 24.5. The van der Waals surface area contributed by atoms with E-state index < -0.39 is 0 Å². The van der Waals surface area contributed by atoms with Crippen LogP contribution >= 0.6 is 0 Å². The van der Waals surface area contributed by atoms with Gasteiger partial charge in [0.05, 0.1) is 13.2 Å². The smallest absolute Gasteiger partial charge is 0.176 e. The maximum absolute atomic E-state index is 10.0. The van der Waals surface area contributed by atoms with Crippen molar-refractivity contribution in [3.63, 3.8) is 0 Å². The summed E-state index contributed by atoms with van der Waals surface area (Å²) in [6.07, 6.45) is 17.4. The number of hydrogen-bond donors (Lipinski definition) is 0. The fourth-order valence-corrected chi connectivity index (χ4v) is 5.76. The lowest BCUT2D eigenvalue weighted by molar-refractivity contribution is 0.304. The number of unbranched alkanes of at least 4 members (excludes halogenated alkanes) is 10. The molecule has 0 radical (unpaired) electrons. The zero-order valence-corrected chi connectivity index (χ0v) is 31.8. The first kappa shape index (κ1) is 41.9. The van der Waals surface area contributed by atoms with Crippen LogP contribution in [-0.4, -0.2) is 51.8 Å². The van der Waals surface area contributed by atoms with Gasteiger partial charge in [-0.15, -0.1) is 0 Å². The molecule has 0 fully saturated rings. The van der Waals surface area contributed by atoms with Gasteiger partial charge in [-0.2, -0.15) is 10.5 Å². The molecule has 0 atom stereocenters. The Kier molecular flexibility index (Phi) is 21.5. The number of allylic oxidation sites excluding steroid dienone is 2. The Balaban J connectivity index is 2.34. The average Bonchev–Trinajstić information content (AvgIpc) is 3.14. The number of hydrogen-bond acceptors (Lipinski definition) is 8. The molecule has 0 amide bonds. The first-order valence-electron chi connectivity index (χ1n) is 19.2.